The third-order valence-corrected chi connectivity index (χ3v) is 3.58. The predicted molar refractivity (Wildman–Crippen MR) is 112 cm³/mol. The molecule has 0 unspecified atom stereocenters. The van der Waals surface area contributed by atoms with Gasteiger partial charge in [-0.25, -0.2) is 4.99 Å². The standard InChI is InChI=1S/C18H27N5O.HI/c1-3-19-18(20-10-7-13-24-2)21-14-16-8-4-5-9-17(16)15-23-12-6-11-22-23;/h4-6,8-9,11-12H,3,7,10,13-15H2,1-2H3,(H2,19,20,21);1H. The molecule has 2 rings (SSSR count). The monoisotopic (exact) mass is 457 g/mol. The number of aliphatic imine (C=N–C) groups is 1. The van der Waals surface area contributed by atoms with Crippen molar-refractivity contribution in [2.45, 2.75) is 26.4 Å². The lowest BCUT2D eigenvalue weighted by molar-refractivity contribution is 0.195. The van der Waals surface area contributed by atoms with Crippen LogP contribution in [0.15, 0.2) is 47.7 Å². The number of nitrogens with zero attached hydrogens (tertiary/aromatic N) is 3. The topological polar surface area (TPSA) is 63.5 Å². The van der Waals surface area contributed by atoms with Gasteiger partial charge in [-0.2, -0.15) is 5.10 Å². The maximum atomic E-state index is 5.07. The molecule has 0 saturated heterocycles. The molecule has 1 aromatic heterocycles. The van der Waals surface area contributed by atoms with Gasteiger partial charge in [-0.1, -0.05) is 24.3 Å². The minimum absolute atomic E-state index is 0. The Hall–Kier alpha value is -1.61. The molecule has 0 aliphatic carbocycles. The molecule has 0 atom stereocenters. The minimum Gasteiger partial charge on any atom is -0.385 e. The van der Waals surface area contributed by atoms with Crippen molar-refractivity contribution in [3.8, 4) is 0 Å². The van der Waals surface area contributed by atoms with Crippen molar-refractivity contribution in [1.82, 2.24) is 20.4 Å². The molecular formula is C18H28IN5O. The van der Waals surface area contributed by atoms with Crippen molar-refractivity contribution in [3.05, 3.63) is 53.9 Å². The summed E-state index contributed by atoms with van der Waals surface area (Å²) in [5.74, 6) is 0.836. The highest BCUT2D eigenvalue weighted by Crippen LogP contribution is 2.11. The molecule has 7 heteroatoms. The van der Waals surface area contributed by atoms with Gasteiger partial charge in [0.15, 0.2) is 5.96 Å². The average molecular weight is 457 g/mol. The van der Waals surface area contributed by atoms with Crippen molar-refractivity contribution < 1.29 is 4.74 Å². The summed E-state index contributed by atoms with van der Waals surface area (Å²) in [6, 6.07) is 10.3. The maximum absolute atomic E-state index is 5.07. The van der Waals surface area contributed by atoms with Gasteiger partial charge in [0.05, 0.1) is 13.1 Å². The fourth-order valence-electron chi connectivity index (χ4n) is 2.36. The van der Waals surface area contributed by atoms with E-state index in [4.69, 9.17) is 9.73 Å². The zero-order chi connectivity index (χ0) is 17.0. The van der Waals surface area contributed by atoms with E-state index < -0.39 is 0 Å². The van der Waals surface area contributed by atoms with Crippen LogP contribution in [0.5, 0.6) is 0 Å². The van der Waals surface area contributed by atoms with E-state index in [1.807, 2.05) is 16.9 Å². The van der Waals surface area contributed by atoms with Crippen LogP contribution >= 0.6 is 24.0 Å². The summed E-state index contributed by atoms with van der Waals surface area (Å²) in [6.45, 7) is 5.89. The summed E-state index contributed by atoms with van der Waals surface area (Å²) in [5.41, 5.74) is 2.45. The number of hydrogen-bond acceptors (Lipinski definition) is 3. The summed E-state index contributed by atoms with van der Waals surface area (Å²) < 4.78 is 7.00. The smallest absolute Gasteiger partial charge is 0.191 e. The van der Waals surface area contributed by atoms with E-state index in [9.17, 15) is 0 Å². The molecule has 6 nitrogen and oxygen atoms in total. The Morgan fingerprint density at radius 1 is 1.20 bits per heavy atom. The Morgan fingerprint density at radius 2 is 2.00 bits per heavy atom. The second-order valence-corrected chi connectivity index (χ2v) is 5.44. The Balaban J connectivity index is 0.00000312. The summed E-state index contributed by atoms with van der Waals surface area (Å²) in [6.07, 6.45) is 4.73. The SMILES string of the molecule is CCNC(=NCc1ccccc1Cn1cccn1)NCCCOC.I. The van der Waals surface area contributed by atoms with Crippen molar-refractivity contribution in [3.63, 3.8) is 0 Å². The van der Waals surface area contributed by atoms with Crippen molar-refractivity contribution in [1.29, 1.82) is 0 Å². The van der Waals surface area contributed by atoms with Crippen LogP contribution in [0.2, 0.25) is 0 Å². The molecule has 2 N–H and O–H groups in total. The zero-order valence-corrected chi connectivity index (χ0v) is 17.3. The third kappa shape index (κ3) is 7.87. The van der Waals surface area contributed by atoms with Gasteiger partial charge in [-0.05, 0) is 30.5 Å². The van der Waals surface area contributed by atoms with E-state index in [2.05, 4.69) is 46.9 Å². The van der Waals surface area contributed by atoms with Crippen LogP contribution in [0.1, 0.15) is 24.5 Å². The molecule has 0 spiro atoms. The van der Waals surface area contributed by atoms with Crippen LogP contribution in [0.4, 0.5) is 0 Å². The average Bonchev–Trinajstić information content (AvgIpc) is 3.10. The summed E-state index contributed by atoms with van der Waals surface area (Å²) in [4.78, 5) is 4.70. The zero-order valence-electron chi connectivity index (χ0n) is 14.9. The number of nitrogens with one attached hydrogen (secondary N) is 2. The van der Waals surface area contributed by atoms with Gasteiger partial charge in [0.25, 0.3) is 0 Å². The number of hydrogen-bond donors (Lipinski definition) is 2. The first-order chi connectivity index (χ1) is 11.8. The highest BCUT2D eigenvalue weighted by Gasteiger charge is 2.03. The molecule has 0 aliphatic heterocycles. The Morgan fingerprint density at radius 3 is 2.68 bits per heavy atom. The van der Waals surface area contributed by atoms with Crippen LogP contribution in [-0.2, 0) is 17.8 Å². The fourth-order valence-corrected chi connectivity index (χ4v) is 2.36. The van der Waals surface area contributed by atoms with Gasteiger partial charge in [-0.15, -0.1) is 24.0 Å². The molecule has 2 aromatic rings. The van der Waals surface area contributed by atoms with Gasteiger partial charge >= 0.3 is 0 Å². The molecular weight excluding hydrogens is 429 g/mol. The van der Waals surface area contributed by atoms with Gasteiger partial charge in [0, 0.05) is 39.2 Å². The highest BCUT2D eigenvalue weighted by atomic mass is 127. The van der Waals surface area contributed by atoms with Crippen LogP contribution in [0, 0.1) is 0 Å². The summed E-state index contributed by atoms with van der Waals surface area (Å²) in [7, 11) is 1.72. The number of ether oxygens (including phenoxy) is 1. The molecule has 0 amide bonds. The second-order valence-electron chi connectivity index (χ2n) is 5.44. The normalized spacial score (nSPS) is 11.0. The Labute approximate surface area is 167 Å². The van der Waals surface area contributed by atoms with E-state index in [1.54, 1.807) is 13.3 Å². The predicted octanol–water partition coefficient (Wildman–Crippen LogP) is 2.64. The Bertz CT molecular complexity index is 616. The molecule has 0 aliphatic rings. The molecule has 25 heavy (non-hydrogen) atoms. The number of aromatic nitrogens is 2. The van der Waals surface area contributed by atoms with Gasteiger partial charge in [-0.3, -0.25) is 4.68 Å². The van der Waals surface area contributed by atoms with Crippen LogP contribution in [-0.4, -0.2) is 42.5 Å². The van der Waals surface area contributed by atoms with Gasteiger partial charge < -0.3 is 15.4 Å². The van der Waals surface area contributed by atoms with E-state index in [0.717, 1.165) is 38.6 Å². The second kappa shape index (κ2) is 12.7. The number of halogens is 1. The quantitative estimate of drug-likeness (QED) is 0.263. The van der Waals surface area contributed by atoms with E-state index in [-0.39, 0.29) is 24.0 Å². The first-order valence-corrected chi connectivity index (χ1v) is 8.38. The molecule has 138 valence electrons. The molecule has 0 fully saturated rings. The van der Waals surface area contributed by atoms with Crippen LogP contribution in [0.3, 0.4) is 0 Å². The van der Waals surface area contributed by atoms with E-state index in [0.29, 0.717) is 6.54 Å². The lowest BCUT2D eigenvalue weighted by atomic mass is 10.1. The minimum atomic E-state index is 0. The summed E-state index contributed by atoms with van der Waals surface area (Å²) in [5, 5.41) is 10.9. The molecule has 1 heterocycles. The van der Waals surface area contributed by atoms with Gasteiger partial charge in [0.2, 0.25) is 0 Å². The Kier molecular flexibility index (Phi) is 10.9. The van der Waals surface area contributed by atoms with Crippen LogP contribution < -0.4 is 10.6 Å². The van der Waals surface area contributed by atoms with E-state index >= 15 is 0 Å². The van der Waals surface area contributed by atoms with E-state index in [1.165, 1.54) is 11.1 Å². The number of rotatable bonds is 9. The first kappa shape index (κ1) is 21.4. The number of benzene rings is 1. The number of methoxy groups -OCH3 is 1. The largest absolute Gasteiger partial charge is 0.385 e. The summed E-state index contributed by atoms with van der Waals surface area (Å²) >= 11 is 0. The molecule has 1 aromatic carbocycles. The molecule has 0 saturated carbocycles. The lowest BCUT2D eigenvalue weighted by Gasteiger charge is -2.12. The number of guanidine groups is 1. The molecule has 0 bridgehead atoms. The van der Waals surface area contributed by atoms with Crippen LogP contribution in [0.25, 0.3) is 0 Å². The van der Waals surface area contributed by atoms with Gasteiger partial charge in [0.1, 0.15) is 0 Å². The first-order valence-electron chi connectivity index (χ1n) is 8.38. The third-order valence-electron chi connectivity index (χ3n) is 3.58. The van der Waals surface area contributed by atoms with Crippen molar-refractivity contribution in [2.24, 2.45) is 4.99 Å². The lowest BCUT2D eigenvalue weighted by Crippen LogP contribution is -2.38. The van der Waals surface area contributed by atoms with Crippen molar-refractivity contribution >= 4 is 29.9 Å². The fraction of sp³-hybridized carbons (Fsp3) is 0.444. The molecule has 0 radical (unpaired) electrons. The maximum Gasteiger partial charge on any atom is 0.191 e. The van der Waals surface area contributed by atoms with Crippen molar-refractivity contribution in [2.75, 3.05) is 26.8 Å². The highest BCUT2D eigenvalue weighted by molar-refractivity contribution is 14.0.